The summed E-state index contributed by atoms with van der Waals surface area (Å²) in [7, 11) is 0. The minimum absolute atomic E-state index is 0.141. The third kappa shape index (κ3) is 1.77. The van der Waals surface area contributed by atoms with Crippen molar-refractivity contribution >= 4 is 11.8 Å². The van der Waals surface area contributed by atoms with Crippen LogP contribution in [-0.2, 0) is 4.79 Å². The summed E-state index contributed by atoms with van der Waals surface area (Å²) in [6.07, 6.45) is 2.77. The molecule has 5 heteroatoms. The Morgan fingerprint density at radius 1 is 1.67 bits per heavy atom. The van der Waals surface area contributed by atoms with Gasteiger partial charge in [-0.1, -0.05) is 0 Å². The fourth-order valence-electron chi connectivity index (χ4n) is 1.87. The van der Waals surface area contributed by atoms with Gasteiger partial charge < -0.3 is 10.0 Å². The van der Waals surface area contributed by atoms with Crippen LogP contribution in [0.15, 0.2) is 18.3 Å². The number of hydrogen-bond acceptors (Lipinski definition) is 3. The van der Waals surface area contributed by atoms with E-state index < -0.39 is 17.8 Å². The molecule has 1 aliphatic heterocycles. The average Bonchev–Trinajstić information content (AvgIpc) is 2.67. The Bertz CT molecular complexity index is 383. The van der Waals surface area contributed by atoms with Gasteiger partial charge in [0.1, 0.15) is 6.04 Å². The number of nitrogens with zero attached hydrogens (tertiary/aromatic N) is 2. The summed E-state index contributed by atoms with van der Waals surface area (Å²) in [5.41, 5.74) is 0. The molecule has 0 saturated carbocycles. The van der Waals surface area contributed by atoms with E-state index in [-0.39, 0.29) is 5.82 Å². The monoisotopic (exact) mass is 210 g/mol. The maximum absolute atomic E-state index is 13.4. The molecule has 1 aromatic heterocycles. The standard InChI is InChI=1S/C10H11FN2O2/c11-7-3-1-5-12-9(7)13-6-2-4-8(13)10(14)15/h1,3,5,8H,2,4,6H2,(H,14,15)/t8-/m0/s1. The Morgan fingerprint density at radius 2 is 2.47 bits per heavy atom. The first-order valence-electron chi connectivity index (χ1n) is 4.80. The van der Waals surface area contributed by atoms with E-state index in [1.54, 1.807) is 0 Å². The van der Waals surface area contributed by atoms with E-state index in [9.17, 15) is 9.18 Å². The van der Waals surface area contributed by atoms with Crippen LogP contribution in [0.4, 0.5) is 10.2 Å². The highest BCUT2D eigenvalue weighted by molar-refractivity contribution is 5.78. The highest BCUT2D eigenvalue weighted by Crippen LogP contribution is 2.25. The molecule has 2 heterocycles. The Kier molecular flexibility index (Phi) is 2.53. The number of anilines is 1. The summed E-state index contributed by atoms with van der Waals surface area (Å²) in [6, 6.07) is 2.14. The number of hydrogen-bond donors (Lipinski definition) is 1. The zero-order valence-electron chi connectivity index (χ0n) is 8.06. The second-order valence-electron chi connectivity index (χ2n) is 3.50. The predicted molar refractivity (Wildman–Crippen MR) is 52.2 cm³/mol. The molecule has 15 heavy (non-hydrogen) atoms. The molecule has 0 spiro atoms. The van der Waals surface area contributed by atoms with Crippen molar-refractivity contribution in [2.24, 2.45) is 0 Å². The molecule has 1 aromatic rings. The first-order valence-corrected chi connectivity index (χ1v) is 4.80. The molecule has 1 atom stereocenters. The number of pyridine rings is 1. The van der Waals surface area contributed by atoms with Crippen LogP contribution in [-0.4, -0.2) is 28.6 Å². The molecule has 1 aliphatic rings. The largest absolute Gasteiger partial charge is 0.480 e. The second kappa shape index (κ2) is 3.84. The fraction of sp³-hybridized carbons (Fsp3) is 0.400. The number of aliphatic carboxylic acids is 1. The molecule has 2 rings (SSSR count). The number of carboxylic acid groups (broad SMARTS) is 1. The van der Waals surface area contributed by atoms with Crippen molar-refractivity contribution in [1.29, 1.82) is 0 Å². The van der Waals surface area contributed by atoms with Crippen molar-refractivity contribution < 1.29 is 14.3 Å². The summed E-state index contributed by atoms with van der Waals surface area (Å²) in [5, 5.41) is 8.94. The summed E-state index contributed by atoms with van der Waals surface area (Å²) < 4.78 is 13.4. The van der Waals surface area contributed by atoms with E-state index in [1.807, 2.05) is 0 Å². The zero-order valence-corrected chi connectivity index (χ0v) is 8.06. The molecule has 0 bridgehead atoms. The van der Waals surface area contributed by atoms with Gasteiger partial charge in [-0.25, -0.2) is 14.2 Å². The average molecular weight is 210 g/mol. The van der Waals surface area contributed by atoms with E-state index in [0.29, 0.717) is 13.0 Å². The Morgan fingerprint density at radius 3 is 3.13 bits per heavy atom. The van der Waals surface area contributed by atoms with E-state index in [0.717, 1.165) is 6.42 Å². The lowest BCUT2D eigenvalue weighted by Crippen LogP contribution is -2.36. The quantitative estimate of drug-likeness (QED) is 0.798. The first-order chi connectivity index (χ1) is 7.20. The van der Waals surface area contributed by atoms with Gasteiger partial charge in [0, 0.05) is 12.7 Å². The molecule has 0 aliphatic carbocycles. The normalized spacial score (nSPS) is 20.6. The lowest BCUT2D eigenvalue weighted by atomic mass is 10.2. The molecule has 0 amide bonds. The van der Waals surface area contributed by atoms with E-state index in [1.165, 1.54) is 23.2 Å². The molecule has 0 aromatic carbocycles. The van der Waals surface area contributed by atoms with Gasteiger partial charge in [0.25, 0.3) is 0 Å². The van der Waals surface area contributed by atoms with Crippen LogP contribution in [0.2, 0.25) is 0 Å². The van der Waals surface area contributed by atoms with Gasteiger partial charge in [-0.05, 0) is 25.0 Å². The lowest BCUT2D eigenvalue weighted by molar-refractivity contribution is -0.138. The van der Waals surface area contributed by atoms with Gasteiger partial charge in [-0.15, -0.1) is 0 Å². The first kappa shape index (κ1) is 9.89. The summed E-state index contributed by atoms with van der Waals surface area (Å²) in [5.74, 6) is -1.24. The van der Waals surface area contributed by atoms with Gasteiger partial charge in [0.05, 0.1) is 0 Å². The van der Waals surface area contributed by atoms with Crippen molar-refractivity contribution in [2.75, 3.05) is 11.4 Å². The zero-order chi connectivity index (χ0) is 10.8. The van der Waals surface area contributed by atoms with Crippen LogP contribution in [0.1, 0.15) is 12.8 Å². The number of carboxylic acids is 1. The molecule has 0 radical (unpaired) electrons. The fourth-order valence-corrected chi connectivity index (χ4v) is 1.87. The third-order valence-electron chi connectivity index (χ3n) is 2.55. The SMILES string of the molecule is O=C(O)[C@@H]1CCCN1c1ncccc1F. The van der Waals surface area contributed by atoms with Crippen LogP contribution >= 0.6 is 0 Å². The van der Waals surface area contributed by atoms with E-state index in [4.69, 9.17) is 5.11 Å². The van der Waals surface area contributed by atoms with Gasteiger partial charge in [-0.2, -0.15) is 0 Å². The molecule has 1 saturated heterocycles. The highest BCUT2D eigenvalue weighted by Gasteiger charge is 2.32. The third-order valence-corrected chi connectivity index (χ3v) is 2.55. The minimum Gasteiger partial charge on any atom is -0.480 e. The van der Waals surface area contributed by atoms with Gasteiger partial charge in [0.2, 0.25) is 0 Å². The summed E-state index contributed by atoms with van der Waals surface area (Å²) in [6.45, 7) is 0.547. The highest BCUT2D eigenvalue weighted by atomic mass is 19.1. The van der Waals surface area contributed by atoms with Gasteiger partial charge in [-0.3, -0.25) is 0 Å². The Labute approximate surface area is 86.4 Å². The molecule has 1 fully saturated rings. The van der Waals surface area contributed by atoms with Crippen LogP contribution in [0, 0.1) is 5.82 Å². The summed E-state index contributed by atoms with van der Waals surface area (Å²) >= 11 is 0. The number of aromatic nitrogens is 1. The maximum Gasteiger partial charge on any atom is 0.326 e. The molecular formula is C10H11FN2O2. The van der Waals surface area contributed by atoms with Gasteiger partial charge in [0.15, 0.2) is 11.6 Å². The molecular weight excluding hydrogens is 199 g/mol. The molecule has 80 valence electrons. The van der Waals surface area contributed by atoms with Crippen molar-refractivity contribution in [3.8, 4) is 0 Å². The molecule has 4 nitrogen and oxygen atoms in total. The predicted octanol–water partition coefficient (Wildman–Crippen LogP) is 1.27. The van der Waals surface area contributed by atoms with E-state index in [2.05, 4.69) is 4.98 Å². The van der Waals surface area contributed by atoms with Crippen molar-refractivity contribution in [2.45, 2.75) is 18.9 Å². The van der Waals surface area contributed by atoms with Crippen molar-refractivity contribution in [1.82, 2.24) is 4.98 Å². The van der Waals surface area contributed by atoms with Crippen LogP contribution in [0.5, 0.6) is 0 Å². The topological polar surface area (TPSA) is 53.4 Å². The smallest absolute Gasteiger partial charge is 0.326 e. The van der Waals surface area contributed by atoms with Crippen LogP contribution in [0.25, 0.3) is 0 Å². The van der Waals surface area contributed by atoms with Crippen LogP contribution < -0.4 is 4.90 Å². The van der Waals surface area contributed by atoms with E-state index >= 15 is 0 Å². The van der Waals surface area contributed by atoms with Crippen LogP contribution in [0.3, 0.4) is 0 Å². The molecule has 1 N–H and O–H groups in total. The minimum atomic E-state index is -0.919. The Balaban J connectivity index is 2.30. The lowest BCUT2D eigenvalue weighted by Gasteiger charge is -2.22. The number of halogens is 1. The second-order valence-corrected chi connectivity index (χ2v) is 3.50. The maximum atomic E-state index is 13.4. The van der Waals surface area contributed by atoms with Crippen molar-refractivity contribution in [3.05, 3.63) is 24.1 Å². The number of rotatable bonds is 2. The number of carbonyl (C=O) groups is 1. The Hall–Kier alpha value is -1.65. The molecule has 0 unspecified atom stereocenters. The van der Waals surface area contributed by atoms with Gasteiger partial charge >= 0.3 is 5.97 Å². The van der Waals surface area contributed by atoms with Crippen molar-refractivity contribution in [3.63, 3.8) is 0 Å². The summed E-state index contributed by atoms with van der Waals surface area (Å²) in [4.78, 5) is 16.3.